The zero-order chi connectivity index (χ0) is 45.1. The van der Waals surface area contributed by atoms with Crippen molar-refractivity contribution in [2.75, 3.05) is 47.5 Å². The maximum absolute atomic E-state index is 12.7. The van der Waals surface area contributed by atoms with Gasteiger partial charge in [0, 0.05) is 19.3 Å². The van der Waals surface area contributed by atoms with Crippen LogP contribution in [0.3, 0.4) is 0 Å². The van der Waals surface area contributed by atoms with E-state index in [1.165, 1.54) is 25.7 Å². The number of quaternary nitrogens is 1. The summed E-state index contributed by atoms with van der Waals surface area (Å²) >= 11 is 0. The minimum Gasteiger partial charge on any atom is -0.462 e. The summed E-state index contributed by atoms with van der Waals surface area (Å²) < 4.78 is 34.1. The second-order valence-corrected chi connectivity index (χ2v) is 17.2. The van der Waals surface area contributed by atoms with Gasteiger partial charge in [-0.25, -0.2) is 4.57 Å². The van der Waals surface area contributed by atoms with Crippen LogP contribution in [-0.2, 0) is 37.5 Å². The molecule has 11 heteroatoms. The molecule has 61 heavy (non-hydrogen) atoms. The number of nitrogens with zero attached hydrogens (tertiary/aromatic N) is 1. The fourth-order valence-corrected chi connectivity index (χ4v) is 5.92. The molecule has 2 atom stereocenters. The Labute approximate surface area is 370 Å². The summed E-state index contributed by atoms with van der Waals surface area (Å²) in [7, 11) is 1.35. The Morgan fingerprint density at radius 1 is 0.557 bits per heavy atom. The van der Waals surface area contributed by atoms with Crippen LogP contribution in [0.5, 0.6) is 0 Å². The maximum Gasteiger partial charge on any atom is 0.472 e. The standard InChI is InChI=1S/C50H80NO9P/c1-6-8-10-11-12-13-14-15-16-17-18-19-20-21-24-27-30-33-37-41-49(53)57-45-48(46-59-61(55,56)58-44-43-51(3,4)5)60-50(54)42-38-34-31-28-25-22-23-26-29-32-36-40-47(52)39-35-9-7-2/h12-13,15-16,18-19,21-24,28-33,36,40,48H,6-11,14,17,20,25-27,34-35,37-39,41-46H2,1-5H3/p+1/b13-12-,16-15-,19-18-,23-22-,24-21-,31-28-,32-29-,33-30-,40-36+/t48-/m1/s1. The first-order chi connectivity index (χ1) is 29.4. The molecule has 0 aliphatic rings. The van der Waals surface area contributed by atoms with E-state index < -0.39 is 32.5 Å². The van der Waals surface area contributed by atoms with Crippen LogP contribution in [0.4, 0.5) is 0 Å². The normalized spacial score (nSPS) is 14.5. The highest BCUT2D eigenvalue weighted by Crippen LogP contribution is 2.43. The summed E-state index contributed by atoms with van der Waals surface area (Å²) in [4.78, 5) is 47.1. The fraction of sp³-hybridized carbons (Fsp3) is 0.580. The molecule has 0 fully saturated rings. The molecule has 0 saturated carbocycles. The predicted molar refractivity (Wildman–Crippen MR) is 252 cm³/mol. The van der Waals surface area contributed by atoms with Crippen molar-refractivity contribution in [3.05, 3.63) is 109 Å². The van der Waals surface area contributed by atoms with Gasteiger partial charge in [-0.3, -0.25) is 23.4 Å². The fourth-order valence-electron chi connectivity index (χ4n) is 5.18. The lowest BCUT2D eigenvalue weighted by atomic mass is 10.1. The van der Waals surface area contributed by atoms with Crippen LogP contribution < -0.4 is 0 Å². The average molecular weight is 871 g/mol. The molecule has 10 nitrogen and oxygen atoms in total. The van der Waals surface area contributed by atoms with Gasteiger partial charge in [0.2, 0.25) is 0 Å². The van der Waals surface area contributed by atoms with Crippen molar-refractivity contribution in [1.82, 2.24) is 0 Å². The first kappa shape index (κ1) is 57.3. The minimum absolute atomic E-state index is 0.00686. The summed E-state index contributed by atoms with van der Waals surface area (Å²) in [6, 6.07) is 0. The molecule has 0 saturated heterocycles. The molecule has 0 amide bonds. The van der Waals surface area contributed by atoms with Crippen molar-refractivity contribution < 1.29 is 46.8 Å². The van der Waals surface area contributed by atoms with Crippen LogP contribution in [0.25, 0.3) is 0 Å². The minimum atomic E-state index is -4.43. The smallest absolute Gasteiger partial charge is 0.462 e. The number of hydrogen-bond donors (Lipinski definition) is 1. The van der Waals surface area contributed by atoms with E-state index in [4.69, 9.17) is 18.5 Å². The summed E-state index contributed by atoms with van der Waals surface area (Å²) in [5.74, 6) is -0.844. The van der Waals surface area contributed by atoms with E-state index in [0.717, 1.165) is 57.8 Å². The number of phosphoric acid groups is 1. The third-order valence-electron chi connectivity index (χ3n) is 8.77. The largest absolute Gasteiger partial charge is 0.472 e. The monoisotopic (exact) mass is 871 g/mol. The second kappa shape index (κ2) is 40.4. The quantitative estimate of drug-likeness (QED) is 0.0122. The van der Waals surface area contributed by atoms with Crippen LogP contribution in [0.2, 0.25) is 0 Å². The molecule has 1 unspecified atom stereocenters. The molecule has 0 aromatic carbocycles. The number of unbranched alkanes of at least 4 members (excludes halogenated alkanes) is 6. The van der Waals surface area contributed by atoms with Crippen molar-refractivity contribution in [2.45, 2.75) is 142 Å². The Hall–Kier alpha value is -3.66. The summed E-state index contributed by atoms with van der Waals surface area (Å²) in [6.07, 6.45) is 51.4. The molecule has 0 heterocycles. The van der Waals surface area contributed by atoms with Gasteiger partial charge in [0.05, 0.1) is 27.7 Å². The SMILES string of the molecule is CCCCC/C=C\C/C=C\C/C=C\C/C=C\C/C=C\CCC(=O)OC[C@H](COP(=O)(O)OCC[N+](C)(C)C)OC(=O)CCC/C=C\C/C=C\C/C=C\C=C\C(=O)CCCCC. The van der Waals surface area contributed by atoms with Gasteiger partial charge in [0.15, 0.2) is 11.9 Å². The number of allylic oxidation sites excluding steroid dienone is 18. The molecule has 0 aromatic rings. The van der Waals surface area contributed by atoms with Gasteiger partial charge >= 0.3 is 19.8 Å². The van der Waals surface area contributed by atoms with Gasteiger partial charge in [-0.1, -0.05) is 143 Å². The van der Waals surface area contributed by atoms with Gasteiger partial charge in [-0.15, -0.1) is 0 Å². The van der Waals surface area contributed by atoms with Crippen molar-refractivity contribution in [3.8, 4) is 0 Å². The van der Waals surface area contributed by atoms with E-state index in [9.17, 15) is 23.8 Å². The first-order valence-corrected chi connectivity index (χ1v) is 24.1. The zero-order valence-electron chi connectivity index (χ0n) is 38.3. The molecule has 0 aliphatic heterocycles. The Morgan fingerprint density at radius 2 is 1.07 bits per heavy atom. The third kappa shape index (κ3) is 44.2. The second-order valence-electron chi connectivity index (χ2n) is 15.8. The highest BCUT2D eigenvalue weighted by atomic mass is 31.2. The van der Waals surface area contributed by atoms with E-state index in [-0.39, 0.29) is 31.8 Å². The molecule has 0 bridgehead atoms. The summed E-state index contributed by atoms with van der Waals surface area (Å²) in [6.45, 7) is 4.03. The first-order valence-electron chi connectivity index (χ1n) is 22.6. The molecular formula is C50H81NO9P+. The number of esters is 2. The lowest BCUT2D eigenvalue weighted by molar-refractivity contribution is -0.870. The van der Waals surface area contributed by atoms with E-state index in [1.807, 2.05) is 57.6 Å². The van der Waals surface area contributed by atoms with Crippen LogP contribution in [-0.4, -0.2) is 80.7 Å². The summed E-state index contributed by atoms with van der Waals surface area (Å²) in [5.41, 5.74) is 0. The predicted octanol–water partition coefficient (Wildman–Crippen LogP) is 12.3. The molecule has 0 aliphatic carbocycles. The lowest BCUT2D eigenvalue weighted by Gasteiger charge is -2.24. The van der Waals surface area contributed by atoms with Gasteiger partial charge in [0.1, 0.15) is 19.8 Å². The van der Waals surface area contributed by atoms with E-state index in [2.05, 4.69) is 74.6 Å². The number of ether oxygens (including phenoxy) is 2. The number of phosphoric ester groups is 1. The van der Waals surface area contributed by atoms with Crippen molar-refractivity contribution >= 4 is 25.5 Å². The van der Waals surface area contributed by atoms with Crippen LogP contribution in [0.15, 0.2) is 109 Å². The van der Waals surface area contributed by atoms with E-state index >= 15 is 0 Å². The Kier molecular flexibility index (Phi) is 38.0. The highest BCUT2D eigenvalue weighted by Gasteiger charge is 2.27. The molecule has 0 aromatic heterocycles. The topological polar surface area (TPSA) is 125 Å². The summed E-state index contributed by atoms with van der Waals surface area (Å²) in [5, 5.41) is 0. The van der Waals surface area contributed by atoms with Gasteiger partial charge in [-0.05, 0) is 83.1 Å². The van der Waals surface area contributed by atoms with E-state index in [1.54, 1.807) is 12.2 Å². The number of likely N-dealkylation sites (N-methyl/N-ethyl adjacent to an activating group) is 1. The Balaban J connectivity index is 4.63. The zero-order valence-corrected chi connectivity index (χ0v) is 39.2. The number of carbonyl (C=O) groups is 3. The maximum atomic E-state index is 12.7. The molecule has 0 spiro atoms. The molecular weight excluding hydrogens is 790 g/mol. The number of ketones is 1. The number of rotatable bonds is 39. The third-order valence-corrected chi connectivity index (χ3v) is 9.75. The number of carbonyl (C=O) groups excluding carboxylic acids is 3. The van der Waals surface area contributed by atoms with Gasteiger partial charge in [0.25, 0.3) is 0 Å². The van der Waals surface area contributed by atoms with Crippen LogP contribution >= 0.6 is 7.82 Å². The Morgan fingerprint density at radius 3 is 1.62 bits per heavy atom. The average Bonchev–Trinajstić information content (AvgIpc) is 3.21. The lowest BCUT2D eigenvalue weighted by Crippen LogP contribution is -2.37. The van der Waals surface area contributed by atoms with Crippen molar-refractivity contribution in [2.24, 2.45) is 0 Å². The van der Waals surface area contributed by atoms with Crippen LogP contribution in [0.1, 0.15) is 136 Å². The van der Waals surface area contributed by atoms with Crippen LogP contribution in [0, 0.1) is 0 Å². The Bertz CT molecular complexity index is 1460. The van der Waals surface area contributed by atoms with Gasteiger partial charge in [-0.2, -0.15) is 0 Å². The molecule has 1 N–H and O–H groups in total. The molecule has 344 valence electrons. The van der Waals surface area contributed by atoms with Crippen molar-refractivity contribution in [3.63, 3.8) is 0 Å². The molecule has 0 radical (unpaired) electrons. The van der Waals surface area contributed by atoms with Crippen molar-refractivity contribution in [1.29, 1.82) is 0 Å². The number of hydrogen-bond acceptors (Lipinski definition) is 8. The van der Waals surface area contributed by atoms with Gasteiger partial charge < -0.3 is 18.9 Å². The van der Waals surface area contributed by atoms with E-state index in [0.29, 0.717) is 36.7 Å². The highest BCUT2D eigenvalue weighted by molar-refractivity contribution is 7.47. The molecule has 0 rings (SSSR count).